The number of ether oxygens (including phenoxy) is 2. The number of para-hydroxylation sites is 1. The van der Waals surface area contributed by atoms with Crippen molar-refractivity contribution < 1.29 is 28.6 Å². The Bertz CT molecular complexity index is 1120. The number of hydrogen-bond donors (Lipinski definition) is 1. The van der Waals surface area contributed by atoms with E-state index in [0.717, 1.165) is 16.2 Å². The van der Waals surface area contributed by atoms with Gasteiger partial charge < -0.3 is 24.4 Å². The fourth-order valence-electron chi connectivity index (χ4n) is 5.38. The number of rotatable bonds is 10. The Labute approximate surface area is 234 Å². The average Bonchev–Trinajstić information content (AvgIpc) is 3.44. The zero-order valence-electron chi connectivity index (χ0n) is 23.2. The first-order chi connectivity index (χ1) is 18.6. The van der Waals surface area contributed by atoms with Crippen LogP contribution in [0.25, 0.3) is 0 Å². The number of nitrogens with zero attached hydrogens (tertiary/aromatic N) is 3. The fourth-order valence-corrected chi connectivity index (χ4v) is 6.17. The van der Waals surface area contributed by atoms with Crippen molar-refractivity contribution in [2.24, 2.45) is 0 Å². The summed E-state index contributed by atoms with van der Waals surface area (Å²) < 4.78 is 28.2. The highest BCUT2D eigenvalue weighted by Gasteiger charge is 2.52. The van der Waals surface area contributed by atoms with Crippen LogP contribution in [-0.4, -0.2) is 95.5 Å². The van der Waals surface area contributed by atoms with Gasteiger partial charge >= 0.3 is 6.09 Å². The third-order valence-electron chi connectivity index (χ3n) is 7.80. The quantitative estimate of drug-likeness (QED) is 0.447. The van der Waals surface area contributed by atoms with Crippen LogP contribution in [0.2, 0.25) is 0 Å². The van der Waals surface area contributed by atoms with Crippen molar-refractivity contribution in [2.75, 3.05) is 39.8 Å². The Morgan fingerprint density at radius 3 is 2.74 bits per heavy atom. The molecule has 0 bridgehead atoms. The summed E-state index contributed by atoms with van der Waals surface area (Å²) in [5, 5.41) is 11.2. The van der Waals surface area contributed by atoms with Crippen LogP contribution in [0, 0.1) is 0 Å². The Morgan fingerprint density at radius 2 is 2.08 bits per heavy atom. The maximum absolute atomic E-state index is 15.7. The largest absolute Gasteiger partial charge is 0.485 e. The molecular formula is C29H40FN3O5S. The molecule has 3 heterocycles. The number of amides is 2. The lowest BCUT2D eigenvalue weighted by Gasteiger charge is -2.51. The first-order valence-electron chi connectivity index (χ1n) is 13.7. The number of piperidine rings is 1. The minimum atomic E-state index is -1.19. The first kappa shape index (κ1) is 29.3. The van der Waals surface area contributed by atoms with Gasteiger partial charge in [-0.15, -0.1) is 11.3 Å². The van der Waals surface area contributed by atoms with Crippen molar-refractivity contribution in [3.05, 3.63) is 52.2 Å². The number of benzene rings is 1. The maximum Gasteiger partial charge on any atom is 0.407 e. The Morgan fingerprint density at radius 1 is 1.31 bits per heavy atom. The van der Waals surface area contributed by atoms with Gasteiger partial charge in [0.05, 0.1) is 6.54 Å². The third-order valence-corrected chi connectivity index (χ3v) is 8.76. The molecule has 2 fully saturated rings. The zero-order valence-corrected chi connectivity index (χ0v) is 24.0. The second-order valence-electron chi connectivity index (χ2n) is 10.9. The van der Waals surface area contributed by atoms with Crippen molar-refractivity contribution in [3.63, 3.8) is 0 Å². The molecule has 1 aromatic heterocycles. The molecule has 8 nitrogen and oxygen atoms in total. The van der Waals surface area contributed by atoms with E-state index < -0.39 is 24.0 Å². The number of carbonyl (C=O) groups excluding carboxylic acids is 1. The van der Waals surface area contributed by atoms with Crippen molar-refractivity contribution in [1.29, 1.82) is 0 Å². The normalized spacial score (nSPS) is 24.8. The number of halogens is 1. The molecule has 214 valence electrons. The fraction of sp³-hybridized carbons (Fsp3) is 0.586. The predicted molar refractivity (Wildman–Crippen MR) is 149 cm³/mol. The Kier molecular flexibility index (Phi) is 9.51. The van der Waals surface area contributed by atoms with Crippen LogP contribution in [0.1, 0.15) is 50.2 Å². The first-order valence-corrected chi connectivity index (χ1v) is 14.5. The van der Waals surface area contributed by atoms with Gasteiger partial charge in [-0.25, -0.2) is 9.18 Å². The van der Waals surface area contributed by atoms with Crippen LogP contribution in [0.3, 0.4) is 0 Å². The van der Waals surface area contributed by atoms with E-state index >= 15 is 4.39 Å². The van der Waals surface area contributed by atoms with Crippen molar-refractivity contribution >= 4 is 23.3 Å². The molecule has 0 aliphatic carbocycles. The summed E-state index contributed by atoms with van der Waals surface area (Å²) >= 11 is 1.59. The van der Waals surface area contributed by atoms with Gasteiger partial charge in [-0.05, 0) is 56.7 Å². The molecule has 1 aromatic carbocycles. The van der Waals surface area contributed by atoms with Crippen LogP contribution in [0.15, 0.2) is 41.8 Å². The minimum Gasteiger partial charge on any atom is -0.485 e. The highest BCUT2D eigenvalue weighted by Crippen LogP contribution is 2.36. The van der Waals surface area contributed by atoms with Gasteiger partial charge in [-0.3, -0.25) is 9.69 Å². The van der Waals surface area contributed by atoms with Crippen LogP contribution in [0.4, 0.5) is 9.18 Å². The second-order valence-corrected chi connectivity index (χ2v) is 11.9. The summed E-state index contributed by atoms with van der Waals surface area (Å²) in [6.07, 6.45) is -1.31. The summed E-state index contributed by atoms with van der Waals surface area (Å²) in [6, 6.07) is 11.8. The highest BCUT2D eigenvalue weighted by atomic mass is 32.1. The molecule has 4 rings (SSSR count). The van der Waals surface area contributed by atoms with E-state index in [4.69, 9.17) is 9.47 Å². The molecule has 0 unspecified atom stereocenters. The second kappa shape index (κ2) is 12.7. The average molecular weight is 562 g/mol. The molecule has 1 N–H and O–H groups in total. The maximum atomic E-state index is 15.7. The standard InChI is InChI=1S/C29H40FN3O5S/c1-20(2)33-19-29(38-21(3)27(33)34)13-16-32(18-26(29)30)15-11-22-8-5-6-9-23(22)37-24(25-10-7-17-39-25)12-14-31(4)28(35)36/h5-10,17,20-21,24,26H,11-16,18-19H2,1-4H3,(H,35,36)/t21-,24-,26+,29+/m1/s1. The van der Waals surface area contributed by atoms with Gasteiger partial charge in [0.1, 0.15) is 29.7 Å². The molecule has 39 heavy (non-hydrogen) atoms. The van der Waals surface area contributed by atoms with Crippen molar-refractivity contribution in [3.8, 4) is 5.75 Å². The van der Waals surface area contributed by atoms with E-state index in [1.54, 1.807) is 30.2 Å². The van der Waals surface area contributed by atoms with Gasteiger partial charge in [0.15, 0.2) is 0 Å². The SMILES string of the molecule is CC(C)N1C[C@]2(CCN(CCc3ccccc3O[C@H](CCN(C)C(=O)O)c3cccs3)C[C@@H]2F)O[C@H](C)C1=O. The number of carbonyl (C=O) groups is 2. The lowest BCUT2D eigenvalue weighted by atomic mass is 9.86. The predicted octanol–water partition coefficient (Wildman–Crippen LogP) is 4.85. The molecule has 2 amide bonds. The third kappa shape index (κ3) is 6.91. The molecule has 2 aliphatic rings. The van der Waals surface area contributed by atoms with E-state index in [1.807, 2.05) is 55.6 Å². The number of carboxylic acid groups (broad SMARTS) is 1. The van der Waals surface area contributed by atoms with E-state index in [0.29, 0.717) is 45.4 Å². The lowest BCUT2D eigenvalue weighted by Crippen LogP contribution is -2.67. The Hall–Kier alpha value is -2.69. The molecule has 2 aliphatic heterocycles. The van der Waals surface area contributed by atoms with Crippen molar-refractivity contribution in [2.45, 2.75) is 70.1 Å². The summed E-state index contributed by atoms with van der Waals surface area (Å²) in [5.74, 6) is 0.687. The summed E-state index contributed by atoms with van der Waals surface area (Å²) in [5.41, 5.74) is 0.0760. The van der Waals surface area contributed by atoms with E-state index in [1.165, 1.54) is 4.90 Å². The zero-order chi connectivity index (χ0) is 28.2. The molecule has 2 aromatic rings. The van der Waals surface area contributed by atoms with Crippen molar-refractivity contribution in [1.82, 2.24) is 14.7 Å². The lowest BCUT2D eigenvalue weighted by molar-refractivity contribution is -0.209. The number of alkyl halides is 1. The number of thiophene rings is 1. The minimum absolute atomic E-state index is 0.00462. The van der Waals surface area contributed by atoms with Crippen LogP contribution in [-0.2, 0) is 16.0 Å². The van der Waals surface area contributed by atoms with E-state index in [9.17, 15) is 14.7 Å². The molecule has 0 radical (unpaired) electrons. The number of morpholine rings is 1. The summed E-state index contributed by atoms with van der Waals surface area (Å²) in [6.45, 7) is 7.90. The monoisotopic (exact) mass is 561 g/mol. The summed E-state index contributed by atoms with van der Waals surface area (Å²) in [4.78, 5) is 30.0. The molecule has 0 saturated carbocycles. The Balaban J connectivity index is 1.39. The smallest absolute Gasteiger partial charge is 0.407 e. The topological polar surface area (TPSA) is 82.6 Å². The van der Waals surface area contributed by atoms with Crippen LogP contribution >= 0.6 is 11.3 Å². The van der Waals surface area contributed by atoms with Crippen LogP contribution in [0.5, 0.6) is 5.75 Å². The van der Waals surface area contributed by atoms with Gasteiger partial charge in [0, 0.05) is 50.6 Å². The molecular weight excluding hydrogens is 521 g/mol. The van der Waals surface area contributed by atoms with Gasteiger partial charge in [0.25, 0.3) is 5.91 Å². The highest BCUT2D eigenvalue weighted by molar-refractivity contribution is 7.10. The molecule has 10 heteroatoms. The van der Waals surface area contributed by atoms with Gasteiger partial charge in [-0.2, -0.15) is 0 Å². The van der Waals surface area contributed by atoms with Gasteiger partial charge in [-0.1, -0.05) is 24.3 Å². The van der Waals surface area contributed by atoms with E-state index in [-0.39, 0.29) is 24.6 Å². The van der Waals surface area contributed by atoms with Gasteiger partial charge in [0.2, 0.25) is 0 Å². The number of likely N-dealkylation sites (tertiary alicyclic amines) is 1. The molecule has 4 atom stereocenters. The molecule has 2 saturated heterocycles. The summed E-state index contributed by atoms with van der Waals surface area (Å²) in [7, 11) is 1.56. The molecule has 1 spiro atoms. The van der Waals surface area contributed by atoms with Crippen LogP contribution < -0.4 is 4.74 Å². The number of hydrogen-bond acceptors (Lipinski definition) is 6. The van der Waals surface area contributed by atoms with E-state index in [2.05, 4.69) is 4.90 Å².